The summed E-state index contributed by atoms with van der Waals surface area (Å²) in [4.78, 5) is 21.5. The van der Waals surface area contributed by atoms with Crippen LogP contribution in [-0.4, -0.2) is 68.5 Å². The molecular formula is C30H33Cl2N5O4. The summed E-state index contributed by atoms with van der Waals surface area (Å²) in [7, 11) is 3.07. The van der Waals surface area contributed by atoms with Crippen LogP contribution in [0.3, 0.4) is 0 Å². The van der Waals surface area contributed by atoms with Gasteiger partial charge >= 0.3 is 0 Å². The van der Waals surface area contributed by atoms with Gasteiger partial charge in [0.25, 0.3) is 0 Å². The summed E-state index contributed by atoms with van der Waals surface area (Å²) in [5.41, 5.74) is 2.58. The van der Waals surface area contributed by atoms with E-state index in [0.717, 1.165) is 29.3 Å². The van der Waals surface area contributed by atoms with Crippen LogP contribution in [0.5, 0.6) is 11.5 Å². The number of rotatable bonds is 12. The van der Waals surface area contributed by atoms with Crippen molar-refractivity contribution >= 4 is 46.0 Å². The number of aromatic nitrogens is 2. The van der Waals surface area contributed by atoms with E-state index < -0.39 is 0 Å². The molecule has 9 nitrogen and oxygen atoms in total. The first-order valence-corrected chi connectivity index (χ1v) is 14.0. The van der Waals surface area contributed by atoms with Gasteiger partial charge in [-0.1, -0.05) is 35.8 Å². The summed E-state index contributed by atoms with van der Waals surface area (Å²) < 4.78 is 16.5. The monoisotopic (exact) mass is 597 g/mol. The van der Waals surface area contributed by atoms with Gasteiger partial charge in [-0.25, -0.2) is 9.97 Å². The molecule has 2 atom stereocenters. The van der Waals surface area contributed by atoms with E-state index >= 15 is 0 Å². The van der Waals surface area contributed by atoms with Gasteiger partial charge in [0.05, 0.1) is 42.4 Å². The van der Waals surface area contributed by atoms with Gasteiger partial charge in [0.15, 0.2) is 0 Å². The largest absolute Gasteiger partial charge is 0.495 e. The number of carbonyl (C=O) groups excluding carboxylic acids is 1. The number of nitrogens with one attached hydrogen (secondary N) is 3. The van der Waals surface area contributed by atoms with Crippen molar-refractivity contribution in [2.24, 2.45) is 0 Å². The second-order valence-corrected chi connectivity index (χ2v) is 10.3. The number of fused-ring (bicyclic) bond motifs is 1. The minimum Gasteiger partial charge on any atom is -0.495 e. The summed E-state index contributed by atoms with van der Waals surface area (Å²) in [5, 5.41) is 11.2. The number of amides is 1. The highest BCUT2D eigenvalue weighted by atomic mass is 35.5. The van der Waals surface area contributed by atoms with Gasteiger partial charge in [0.2, 0.25) is 11.9 Å². The molecule has 1 aliphatic heterocycles. The topological polar surface area (TPSA) is 107 Å². The van der Waals surface area contributed by atoms with Gasteiger partial charge in [0, 0.05) is 60.9 Å². The Labute approximate surface area is 250 Å². The van der Waals surface area contributed by atoms with Crippen molar-refractivity contribution in [3.63, 3.8) is 0 Å². The molecule has 0 spiro atoms. The van der Waals surface area contributed by atoms with Crippen molar-refractivity contribution in [3.8, 4) is 35.0 Å². The van der Waals surface area contributed by atoms with Gasteiger partial charge in [-0.05, 0) is 30.5 Å². The number of anilines is 1. The Morgan fingerprint density at radius 3 is 2.66 bits per heavy atom. The molecule has 1 fully saturated rings. The van der Waals surface area contributed by atoms with Crippen LogP contribution in [0.2, 0.25) is 10.0 Å². The second kappa shape index (κ2) is 14.4. The summed E-state index contributed by atoms with van der Waals surface area (Å²) in [5.74, 6) is 3.77. The first-order valence-electron chi connectivity index (χ1n) is 13.2. The van der Waals surface area contributed by atoms with Crippen molar-refractivity contribution in [2.45, 2.75) is 31.3 Å². The first kappa shape index (κ1) is 30.4. The Morgan fingerprint density at radius 2 is 1.95 bits per heavy atom. The second-order valence-electron chi connectivity index (χ2n) is 9.52. The van der Waals surface area contributed by atoms with E-state index in [0.29, 0.717) is 71.4 Å². The molecule has 0 bridgehead atoms. The van der Waals surface area contributed by atoms with Crippen LogP contribution in [-0.2, 0) is 9.53 Å². The fourth-order valence-corrected chi connectivity index (χ4v) is 5.26. The highest BCUT2D eigenvalue weighted by Gasteiger charge is 2.27. The lowest BCUT2D eigenvalue weighted by Crippen LogP contribution is -2.51. The van der Waals surface area contributed by atoms with Crippen molar-refractivity contribution in [1.82, 2.24) is 20.6 Å². The van der Waals surface area contributed by atoms with E-state index in [1.807, 2.05) is 18.2 Å². The van der Waals surface area contributed by atoms with Crippen LogP contribution in [0, 0.1) is 12.3 Å². The number of nitrogens with zero attached hydrogens (tertiary/aromatic N) is 2. The van der Waals surface area contributed by atoms with E-state index in [1.54, 1.807) is 12.3 Å². The molecule has 41 heavy (non-hydrogen) atoms. The summed E-state index contributed by atoms with van der Waals surface area (Å²) in [6.45, 7) is 5.88. The quantitative estimate of drug-likeness (QED) is 0.154. The minimum absolute atomic E-state index is 0.0312. The van der Waals surface area contributed by atoms with E-state index in [9.17, 15) is 4.79 Å². The average Bonchev–Trinajstić information content (AvgIpc) is 2.99. The number of unbranched alkanes of at least 4 members (excludes halogenated alkanes) is 1. The zero-order valence-corrected chi connectivity index (χ0v) is 24.6. The predicted molar refractivity (Wildman–Crippen MR) is 163 cm³/mol. The highest BCUT2D eigenvalue weighted by Crippen LogP contribution is 2.46. The van der Waals surface area contributed by atoms with Crippen molar-refractivity contribution in [3.05, 3.63) is 52.7 Å². The van der Waals surface area contributed by atoms with Gasteiger partial charge in [-0.15, -0.1) is 12.3 Å². The van der Waals surface area contributed by atoms with Crippen molar-refractivity contribution < 1.29 is 19.0 Å². The molecule has 2 heterocycles. The van der Waals surface area contributed by atoms with Crippen LogP contribution in [0.4, 0.5) is 5.95 Å². The molecule has 1 unspecified atom stereocenters. The number of methoxy groups -OCH3 is 2. The molecule has 11 heteroatoms. The molecule has 3 aromatic rings. The van der Waals surface area contributed by atoms with E-state index in [2.05, 4.69) is 33.4 Å². The highest BCUT2D eigenvalue weighted by molar-refractivity contribution is 6.41. The SMILES string of the molecule is C#CCCCNC(=O)C(=C)CN[C@H]1CCOCC1Nc1ncc2cc(-c3c(Cl)c(OC)cc(OC)c3Cl)ccc2n1. The lowest BCUT2D eigenvalue weighted by molar-refractivity contribution is -0.117. The Balaban J connectivity index is 1.45. The maximum atomic E-state index is 12.3. The maximum absolute atomic E-state index is 12.3. The van der Waals surface area contributed by atoms with Gasteiger partial charge in [0.1, 0.15) is 11.5 Å². The lowest BCUT2D eigenvalue weighted by atomic mass is 10.0. The number of benzene rings is 2. The third kappa shape index (κ3) is 7.40. The van der Waals surface area contributed by atoms with E-state index in [-0.39, 0.29) is 18.0 Å². The summed E-state index contributed by atoms with van der Waals surface area (Å²) >= 11 is 13.2. The molecule has 1 saturated heterocycles. The van der Waals surface area contributed by atoms with Crippen LogP contribution in [0.1, 0.15) is 19.3 Å². The number of hydrogen-bond acceptors (Lipinski definition) is 8. The Morgan fingerprint density at radius 1 is 1.20 bits per heavy atom. The zero-order valence-electron chi connectivity index (χ0n) is 23.1. The minimum atomic E-state index is -0.182. The van der Waals surface area contributed by atoms with Gasteiger partial charge in [-0.3, -0.25) is 4.79 Å². The zero-order chi connectivity index (χ0) is 29.4. The maximum Gasteiger partial charge on any atom is 0.247 e. The molecule has 0 radical (unpaired) electrons. The van der Waals surface area contributed by atoms with E-state index in [1.165, 1.54) is 14.2 Å². The number of ether oxygens (including phenoxy) is 3. The normalized spacial score (nSPS) is 16.6. The first-order chi connectivity index (χ1) is 19.9. The molecule has 4 rings (SSSR count). The number of carbonyl (C=O) groups is 1. The molecule has 2 aromatic carbocycles. The smallest absolute Gasteiger partial charge is 0.247 e. The van der Waals surface area contributed by atoms with Crippen molar-refractivity contribution in [2.75, 3.05) is 45.8 Å². The number of halogens is 2. The molecule has 0 saturated carbocycles. The lowest BCUT2D eigenvalue weighted by Gasteiger charge is -2.33. The predicted octanol–water partition coefficient (Wildman–Crippen LogP) is 4.87. The summed E-state index contributed by atoms with van der Waals surface area (Å²) in [6.07, 6.45) is 9.12. The Kier molecular flexibility index (Phi) is 10.7. The molecule has 3 N–H and O–H groups in total. The Hall–Kier alpha value is -3.55. The number of hydrogen-bond donors (Lipinski definition) is 3. The van der Waals surface area contributed by atoms with Crippen molar-refractivity contribution in [1.29, 1.82) is 0 Å². The molecule has 0 aliphatic carbocycles. The fraction of sp³-hybridized carbons (Fsp3) is 0.367. The summed E-state index contributed by atoms with van der Waals surface area (Å²) in [6, 6.07) is 7.28. The van der Waals surface area contributed by atoms with Crippen LogP contribution in [0.25, 0.3) is 22.0 Å². The average molecular weight is 599 g/mol. The standard InChI is InChI=1S/C30H33Cl2N5O4/c1-5-6-7-11-33-29(38)18(2)15-34-22-10-12-41-17-23(22)37-30-35-16-20-13-19(8-9-21(20)36-30)26-27(31)24(39-3)14-25(40-4)28(26)32/h1,8-9,13-14,16,22-23,34H,2,6-7,10-12,15,17H2,3-4H3,(H,33,38)(H,35,36,37)/t22-,23?/m0/s1. The third-order valence-corrected chi connectivity index (χ3v) is 7.55. The van der Waals surface area contributed by atoms with Crippen LogP contribution >= 0.6 is 23.2 Å². The van der Waals surface area contributed by atoms with Gasteiger partial charge < -0.3 is 30.2 Å². The molecule has 216 valence electrons. The van der Waals surface area contributed by atoms with Crippen LogP contribution < -0.4 is 25.4 Å². The van der Waals surface area contributed by atoms with Crippen LogP contribution in [0.15, 0.2) is 42.6 Å². The van der Waals surface area contributed by atoms with E-state index in [4.69, 9.17) is 48.8 Å². The molecule has 1 amide bonds. The number of terminal acetylenes is 1. The third-order valence-electron chi connectivity index (χ3n) is 6.80. The fourth-order valence-electron chi connectivity index (χ4n) is 4.54. The molecular weight excluding hydrogens is 565 g/mol. The van der Waals surface area contributed by atoms with Gasteiger partial charge in [-0.2, -0.15) is 0 Å². The Bertz CT molecular complexity index is 1430. The molecule has 1 aromatic heterocycles. The molecule has 1 aliphatic rings.